The van der Waals surface area contributed by atoms with Gasteiger partial charge in [0, 0.05) is 5.69 Å². The summed E-state index contributed by atoms with van der Waals surface area (Å²) in [4.78, 5) is 12.6. The number of terminal acetylenes is 1. The molecule has 1 aromatic heterocycles. The number of carbonyl (C=O) groups is 1. The average Bonchev–Trinajstić information content (AvgIpc) is 3.10. The molecule has 0 spiro atoms. The topological polar surface area (TPSA) is 66.5 Å². The number of carbonyl (C=O) groups excluding carboxylic acids is 1. The molecule has 0 radical (unpaired) electrons. The van der Waals surface area contributed by atoms with E-state index in [0.717, 1.165) is 11.3 Å². The molecule has 144 valence electrons. The maximum Gasteiger partial charge on any atom is 0.406 e. The summed E-state index contributed by atoms with van der Waals surface area (Å²) in [6, 6.07) is 8.86. The van der Waals surface area contributed by atoms with Gasteiger partial charge in [-0.3, -0.25) is 9.52 Å². The van der Waals surface area contributed by atoms with Crippen LogP contribution in [0.15, 0.2) is 46.0 Å². The van der Waals surface area contributed by atoms with E-state index in [1.165, 1.54) is 30.3 Å². The second-order valence-electron chi connectivity index (χ2n) is 5.48. The molecule has 5 nitrogen and oxygen atoms in total. The van der Waals surface area contributed by atoms with Crippen molar-refractivity contribution in [2.24, 2.45) is 0 Å². The van der Waals surface area contributed by atoms with Gasteiger partial charge in [0.1, 0.15) is 10.8 Å². The highest BCUT2D eigenvalue weighted by molar-refractivity contribution is 7.94. The van der Waals surface area contributed by atoms with Crippen LogP contribution in [0.3, 0.4) is 0 Å². The summed E-state index contributed by atoms with van der Waals surface area (Å²) in [5.74, 6) is 1.27. The second-order valence-corrected chi connectivity index (χ2v) is 8.34. The van der Waals surface area contributed by atoms with Crippen LogP contribution in [0.25, 0.3) is 0 Å². The molecule has 1 aromatic carbocycles. The number of halogens is 3. The zero-order chi connectivity index (χ0) is 20.1. The number of benzene rings is 1. The number of hydrogen-bond acceptors (Lipinski definition) is 4. The van der Waals surface area contributed by atoms with Crippen LogP contribution < -0.4 is 4.72 Å². The van der Waals surface area contributed by atoms with Crippen LogP contribution >= 0.6 is 11.3 Å². The first-order valence-corrected chi connectivity index (χ1v) is 9.90. The molecule has 0 atom stereocenters. The van der Waals surface area contributed by atoms with E-state index >= 15 is 0 Å². The van der Waals surface area contributed by atoms with E-state index in [1.807, 2.05) is 5.92 Å². The van der Waals surface area contributed by atoms with E-state index in [2.05, 4.69) is 4.72 Å². The van der Waals surface area contributed by atoms with Crippen molar-refractivity contribution in [1.82, 2.24) is 4.90 Å². The van der Waals surface area contributed by atoms with Gasteiger partial charge >= 0.3 is 6.18 Å². The Morgan fingerprint density at radius 3 is 2.41 bits per heavy atom. The smallest absolute Gasteiger partial charge is 0.322 e. The fourth-order valence-corrected chi connectivity index (χ4v) is 4.21. The van der Waals surface area contributed by atoms with Crippen LogP contribution in [0.2, 0.25) is 0 Å². The standard InChI is InChI=1S/C17H15F3N2O3S2/c1-2-9-22(12-17(18,19)20)15(23)11-13-5-7-14(8-6-13)21-27(24,25)16-4-3-10-26-16/h1,3-8,10,21H,9,11-12H2. The number of thiophene rings is 1. The molecule has 2 aromatic rings. The number of sulfonamides is 1. The lowest BCUT2D eigenvalue weighted by atomic mass is 10.1. The molecule has 0 aliphatic carbocycles. The number of nitrogens with one attached hydrogen (secondary N) is 1. The first-order chi connectivity index (χ1) is 12.6. The highest BCUT2D eigenvalue weighted by atomic mass is 32.2. The fourth-order valence-electron chi connectivity index (χ4n) is 2.16. The van der Waals surface area contributed by atoms with Crippen molar-refractivity contribution in [2.75, 3.05) is 17.8 Å². The van der Waals surface area contributed by atoms with Gasteiger partial charge in [0.15, 0.2) is 0 Å². The van der Waals surface area contributed by atoms with E-state index in [1.54, 1.807) is 11.4 Å². The van der Waals surface area contributed by atoms with E-state index in [9.17, 15) is 26.4 Å². The maximum atomic E-state index is 12.5. The lowest BCUT2D eigenvalue weighted by molar-refractivity contribution is -0.159. The Hall–Kier alpha value is -2.51. The van der Waals surface area contributed by atoms with Crippen LogP contribution in [0, 0.1) is 12.3 Å². The van der Waals surface area contributed by atoms with E-state index < -0.39 is 35.2 Å². The van der Waals surface area contributed by atoms with Gasteiger partial charge in [-0.2, -0.15) is 13.2 Å². The minimum absolute atomic E-state index is 0.152. The molecule has 0 saturated carbocycles. The summed E-state index contributed by atoms with van der Waals surface area (Å²) in [5.41, 5.74) is 0.707. The Kier molecular flexibility index (Phi) is 6.51. The highest BCUT2D eigenvalue weighted by Crippen LogP contribution is 2.21. The Balaban J connectivity index is 2.04. The third kappa shape index (κ3) is 6.30. The van der Waals surface area contributed by atoms with E-state index in [-0.39, 0.29) is 16.3 Å². The average molecular weight is 416 g/mol. The largest absolute Gasteiger partial charge is 0.406 e. The van der Waals surface area contributed by atoms with Gasteiger partial charge in [0.05, 0.1) is 13.0 Å². The molecule has 0 aliphatic heterocycles. The molecular weight excluding hydrogens is 401 g/mol. The molecule has 1 heterocycles. The van der Waals surface area contributed by atoms with Crippen molar-refractivity contribution in [3.8, 4) is 12.3 Å². The van der Waals surface area contributed by atoms with Gasteiger partial charge in [-0.15, -0.1) is 17.8 Å². The molecule has 1 amide bonds. The SMILES string of the molecule is C#CCN(CC(F)(F)F)C(=O)Cc1ccc(NS(=O)(=O)c2cccs2)cc1. The van der Waals surface area contributed by atoms with Crippen molar-refractivity contribution < 1.29 is 26.4 Å². The summed E-state index contributed by atoms with van der Waals surface area (Å²) in [6.07, 6.45) is 0.195. The molecule has 1 N–H and O–H groups in total. The van der Waals surface area contributed by atoms with Crippen molar-refractivity contribution in [2.45, 2.75) is 16.8 Å². The molecule has 0 saturated heterocycles. The van der Waals surface area contributed by atoms with E-state index in [4.69, 9.17) is 6.42 Å². The Labute approximate surface area is 158 Å². The van der Waals surface area contributed by atoms with Gasteiger partial charge in [-0.05, 0) is 29.1 Å². The normalized spacial score (nSPS) is 11.6. The number of alkyl halides is 3. The van der Waals surface area contributed by atoms with Crippen molar-refractivity contribution >= 4 is 33.0 Å². The number of nitrogens with zero attached hydrogens (tertiary/aromatic N) is 1. The van der Waals surface area contributed by atoms with Gasteiger partial charge in [-0.25, -0.2) is 8.42 Å². The second kappa shape index (κ2) is 8.45. The summed E-state index contributed by atoms with van der Waals surface area (Å²) in [6.45, 7) is -1.87. The van der Waals surface area contributed by atoms with Gasteiger partial charge < -0.3 is 4.90 Å². The Bertz CT molecular complexity index is 916. The number of rotatable bonds is 7. The fraction of sp³-hybridized carbons (Fsp3) is 0.235. The number of amides is 1. The minimum Gasteiger partial charge on any atom is -0.322 e. The molecule has 27 heavy (non-hydrogen) atoms. The predicted octanol–water partition coefficient (Wildman–Crippen LogP) is 3.12. The third-order valence-electron chi connectivity index (χ3n) is 3.33. The lowest BCUT2D eigenvalue weighted by Crippen LogP contribution is -2.40. The summed E-state index contributed by atoms with van der Waals surface area (Å²) >= 11 is 1.06. The van der Waals surface area contributed by atoms with Crippen LogP contribution in [-0.4, -0.2) is 38.5 Å². The number of hydrogen-bond donors (Lipinski definition) is 1. The van der Waals surface area contributed by atoms with Crippen LogP contribution in [0.1, 0.15) is 5.56 Å². The van der Waals surface area contributed by atoms with Crippen molar-refractivity contribution in [3.05, 3.63) is 47.3 Å². The summed E-state index contributed by atoms with van der Waals surface area (Å²) < 4.78 is 64.4. The van der Waals surface area contributed by atoms with Gasteiger partial charge in [-0.1, -0.05) is 24.1 Å². The number of anilines is 1. The van der Waals surface area contributed by atoms with Crippen molar-refractivity contribution in [3.63, 3.8) is 0 Å². The quantitative estimate of drug-likeness (QED) is 0.706. The predicted molar refractivity (Wildman–Crippen MR) is 96.7 cm³/mol. The zero-order valence-corrected chi connectivity index (χ0v) is 15.5. The summed E-state index contributed by atoms with van der Waals surface area (Å²) in [7, 11) is -3.70. The van der Waals surface area contributed by atoms with Crippen LogP contribution in [0.4, 0.5) is 18.9 Å². The van der Waals surface area contributed by atoms with Crippen LogP contribution in [0.5, 0.6) is 0 Å². The first-order valence-electron chi connectivity index (χ1n) is 7.54. The minimum atomic E-state index is -4.55. The van der Waals surface area contributed by atoms with Crippen molar-refractivity contribution in [1.29, 1.82) is 0 Å². The molecular formula is C17H15F3N2O3S2. The molecule has 0 bridgehead atoms. The Morgan fingerprint density at radius 2 is 1.89 bits per heavy atom. The van der Waals surface area contributed by atoms with Gasteiger partial charge in [0.2, 0.25) is 5.91 Å². The zero-order valence-electron chi connectivity index (χ0n) is 13.9. The molecule has 10 heteroatoms. The highest BCUT2D eigenvalue weighted by Gasteiger charge is 2.32. The summed E-state index contributed by atoms with van der Waals surface area (Å²) in [5, 5.41) is 1.63. The third-order valence-corrected chi connectivity index (χ3v) is 6.11. The van der Waals surface area contributed by atoms with E-state index in [0.29, 0.717) is 10.5 Å². The molecule has 0 fully saturated rings. The first kappa shape index (κ1) is 20.8. The van der Waals surface area contributed by atoms with Crippen LogP contribution in [-0.2, 0) is 21.2 Å². The maximum absolute atomic E-state index is 12.5. The Morgan fingerprint density at radius 1 is 1.22 bits per heavy atom. The van der Waals surface area contributed by atoms with Gasteiger partial charge in [0.25, 0.3) is 10.0 Å². The molecule has 0 unspecified atom stereocenters. The molecule has 2 rings (SSSR count). The molecule has 0 aliphatic rings. The monoisotopic (exact) mass is 416 g/mol. The lowest BCUT2D eigenvalue weighted by Gasteiger charge is -2.21.